The van der Waals surface area contributed by atoms with Crippen LogP contribution < -0.4 is 16.6 Å². The molecule has 3 aromatic rings. The maximum Gasteiger partial charge on any atom is 0.332 e. The Morgan fingerprint density at radius 3 is 2.48 bits per heavy atom. The number of benzene rings is 2. The molecule has 0 radical (unpaired) electrons. The van der Waals surface area contributed by atoms with E-state index in [1.54, 1.807) is 18.2 Å². The van der Waals surface area contributed by atoms with Crippen LogP contribution in [0.15, 0.2) is 76.1 Å². The number of urea groups is 1. The van der Waals surface area contributed by atoms with Crippen molar-refractivity contribution in [3.05, 3.63) is 110 Å². The minimum absolute atomic E-state index is 0.0214. The molecule has 0 saturated heterocycles. The van der Waals surface area contributed by atoms with Gasteiger partial charge in [-0.2, -0.15) is 0 Å². The third-order valence-corrected chi connectivity index (χ3v) is 5.56. The number of aryl methyl sites for hydroxylation is 1. The summed E-state index contributed by atoms with van der Waals surface area (Å²) in [7, 11) is 1.53. The number of nitrogens with zero attached hydrogens (tertiary/aromatic N) is 2. The molecule has 1 atom stereocenters. The van der Waals surface area contributed by atoms with E-state index in [1.165, 1.54) is 54.7 Å². The zero-order chi connectivity index (χ0) is 23.7. The number of aromatic amines is 1. The fraction of sp³-hybridized carbons (Fsp3) is 0.167. The van der Waals surface area contributed by atoms with Gasteiger partial charge < -0.3 is 15.2 Å². The third kappa shape index (κ3) is 4.38. The SMILES string of the molecule is Cc1ccc(-n2c(=O)cc[nH]c2=O)cc1CC(=O)C1=CN(C)C(=O)N[C@H]1c1ccc(F)cc1. The molecule has 0 saturated carbocycles. The molecule has 1 aromatic heterocycles. The largest absolute Gasteiger partial charge is 0.332 e. The van der Waals surface area contributed by atoms with Gasteiger partial charge in [-0.05, 0) is 47.9 Å². The first kappa shape index (κ1) is 21.9. The van der Waals surface area contributed by atoms with E-state index in [-0.39, 0.29) is 18.2 Å². The van der Waals surface area contributed by atoms with Gasteiger partial charge in [0.2, 0.25) is 0 Å². The second-order valence-corrected chi connectivity index (χ2v) is 7.80. The summed E-state index contributed by atoms with van der Waals surface area (Å²) >= 11 is 0. The monoisotopic (exact) mass is 448 g/mol. The van der Waals surface area contributed by atoms with Gasteiger partial charge in [0, 0.05) is 37.5 Å². The number of halogens is 1. The van der Waals surface area contributed by atoms with Crippen molar-refractivity contribution in [1.29, 1.82) is 0 Å². The van der Waals surface area contributed by atoms with Crippen molar-refractivity contribution in [2.24, 2.45) is 0 Å². The predicted molar refractivity (Wildman–Crippen MR) is 120 cm³/mol. The standard InChI is InChI=1S/C24H21FN4O4/c1-14-3-8-18(29-21(31)9-10-26-23(29)32)11-16(14)12-20(30)19-13-28(2)24(33)27-22(19)15-4-6-17(25)7-5-15/h3-11,13,22H,12H2,1-2H3,(H,26,32)(H,27,33)/t22-/m0/s1. The fourth-order valence-electron chi connectivity index (χ4n) is 3.73. The molecule has 9 heteroatoms. The van der Waals surface area contributed by atoms with Crippen molar-refractivity contribution >= 4 is 11.8 Å². The van der Waals surface area contributed by atoms with Crippen LogP contribution in [0.1, 0.15) is 22.7 Å². The van der Waals surface area contributed by atoms with Gasteiger partial charge in [0.25, 0.3) is 5.56 Å². The van der Waals surface area contributed by atoms with Gasteiger partial charge in [-0.1, -0.05) is 18.2 Å². The van der Waals surface area contributed by atoms with Gasteiger partial charge in [-0.25, -0.2) is 18.5 Å². The van der Waals surface area contributed by atoms with Crippen LogP contribution in [0.3, 0.4) is 0 Å². The molecule has 2 amide bonds. The highest BCUT2D eigenvalue weighted by atomic mass is 19.1. The Balaban J connectivity index is 1.70. The molecule has 1 aliphatic rings. The highest BCUT2D eigenvalue weighted by Crippen LogP contribution is 2.28. The average Bonchev–Trinajstić information content (AvgIpc) is 2.78. The molecular formula is C24H21FN4O4. The van der Waals surface area contributed by atoms with Crippen molar-refractivity contribution < 1.29 is 14.0 Å². The van der Waals surface area contributed by atoms with E-state index in [0.29, 0.717) is 22.4 Å². The third-order valence-electron chi connectivity index (χ3n) is 5.56. The number of Topliss-reactive ketones (excluding diaryl/α,β-unsaturated/α-hetero) is 1. The van der Waals surface area contributed by atoms with Gasteiger partial charge in [0.1, 0.15) is 5.82 Å². The van der Waals surface area contributed by atoms with E-state index in [9.17, 15) is 23.6 Å². The van der Waals surface area contributed by atoms with E-state index in [0.717, 1.165) is 10.1 Å². The minimum atomic E-state index is -0.732. The summed E-state index contributed by atoms with van der Waals surface area (Å²) in [5, 5.41) is 2.77. The van der Waals surface area contributed by atoms with Crippen LogP contribution in [0.4, 0.5) is 9.18 Å². The first-order valence-corrected chi connectivity index (χ1v) is 10.2. The van der Waals surface area contributed by atoms with Crippen LogP contribution in [0, 0.1) is 12.7 Å². The Kier molecular flexibility index (Phi) is 5.78. The Hall–Kier alpha value is -4.27. The molecule has 0 aliphatic carbocycles. The maximum atomic E-state index is 13.4. The number of H-pyrrole nitrogens is 1. The Morgan fingerprint density at radius 1 is 1.06 bits per heavy atom. The number of aromatic nitrogens is 2. The van der Waals surface area contributed by atoms with Gasteiger partial charge in [-0.3, -0.25) is 9.59 Å². The molecule has 8 nitrogen and oxygen atoms in total. The van der Waals surface area contributed by atoms with Gasteiger partial charge >= 0.3 is 11.7 Å². The summed E-state index contributed by atoms with van der Waals surface area (Å²) < 4.78 is 14.4. The lowest BCUT2D eigenvalue weighted by Gasteiger charge is -2.30. The topological polar surface area (TPSA) is 104 Å². The van der Waals surface area contributed by atoms with Crippen molar-refractivity contribution in [2.75, 3.05) is 7.05 Å². The van der Waals surface area contributed by atoms with Crippen molar-refractivity contribution in [3.63, 3.8) is 0 Å². The smallest absolute Gasteiger partial charge is 0.327 e. The number of rotatable bonds is 5. The molecule has 0 unspecified atom stereocenters. The van der Waals surface area contributed by atoms with Gasteiger partial charge in [0.15, 0.2) is 5.78 Å². The molecule has 168 valence electrons. The number of hydrogen-bond acceptors (Lipinski definition) is 4. The number of carbonyl (C=O) groups is 2. The highest BCUT2D eigenvalue weighted by molar-refractivity contribution is 6.00. The van der Waals surface area contributed by atoms with E-state index in [1.807, 2.05) is 6.92 Å². The summed E-state index contributed by atoms with van der Waals surface area (Å²) in [6, 6.07) is 10.7. The summed E-state index contributed by atoms with van der Waals surface area (Å²) in [5.41, 5.74) is 1.61. The number of carbonyl (C=O) groups excluding carboxylic acids is 2. The minimum Gasteiger partial charge on any atom is -0.327 e. The average molecular weight is 448 g/mol. The predicted octanol–water partition coefficient (Wildman–Crippen LogP) is 2.37. The van der Waals surface area contributed by atoms with Crippen molar-refractivity contribution in [3.8, 4) is 5.69 Å². The molecule has 2 N–H and O–H groups in total. The van der Waals surface area contributed by atoms with Gasteiger partial charge in [0.05, 0.1) is 11.7 Å². The maximum absolute atomic E-state index is 13.4. The lowest BCUT2D eigenvalue weighted by molar-refractivity contribution is -0.115. The zero-order valence-electron chi connectivity index (χ0n) is 18.0. The molecule has 0 fully saturated rings. The quantitative estimate of drug-likeness (QED) is 0.625. The lowest BCUT2D eigenvalue weighted by Crippen LogP contribution is -2.43. The number of ketones is 1. The first-order chi connectivity index (χ1) is 15.7. The number of nitrogens with one attached hydrogen (secondary N) is 2. The summed E-state index contributed by atoms with van der Waals surface area (Å²) in [5.74, 6) is -0.681. The number of hydrogen-bond donors (Lipinski definition) is 2. The van der Waals surface area contributed by atoms with E-state index in [4.69, 9.17) is 0 Å². The Bertz CT molecular complexity index is 1360. The van der Waals surface area contributed by atoms with E-state index >= 15 is 0 Å². The molecule has 2 heterocycles. The molecular weight excluding hydrogens is 427 g/mol. The van der Waals surface area contributed by atoms with Crippen LogP contribution in [0.5, 0.6) is 0 Å². The van der Waals surface area contributed by atoms with E-state index in [2.05, 4.69) is 10.3 Å². The van der Waals surface area contributed by atoms with Crippen LogP contribution in [-0.4, -0.2) is 33.3 Å². The second-order valence-electron chi connectivity index (χ2n) is 7.80. The molecule has 1 aliphatic heterocycles. The summed E-state index contributed by atoms with van der Waals surface area (Å²) in [6.45, 7) is 1.82. The summed E-state index contributed by atoms with van der Waals surface area (Å²) in [4.78, 5) is 53.6. The molecule has 4 rings (SSSR count). The van der Waals surface area contributed by atoms with E-state index < -0.39 is 23.1 Å². The molecule has 0 spiro atoms. The fourth-order valence-corrected chi connectivity index (χ4v) is 3.73. The Morgan fingerprint density at radius 2 is 1.79 bits per heavy atom. The van der Waals surface area contributed by atoms with Crippen molar-refractivity contribution in [1.82, 2.24) is 19.8 Å². The second kappa shape index (κ2) is 8.70. The summed E-state index contributed by atoms with van der Waals surface area (Å²) in [6.07, 6.45) is 2.73. The molecule has 0 bridgehead atoms. The Labute approximate surface area is 188 Å². The number of amides is 2. The first-order valence-electron chi connectivity index (χ1n) is 10.2. The van der Waals surface area contributed by atoms with Crippen LogP contribution in [0.2, 0.25) is 0 Å². The van der Waals surface area contributed by atoms with Crippen molar-refractivity contribution in [2.45, 2.75) is 19.4 Å². The lowest BCUT2D eigenvalue weighted by atomic mass is 9.91. The molecule has 2 aromatic carbocycles. The van der Waals surface area contributed by atoms with Crippen LogP contribution in [0.25, 0.3) is 5.69 Å². The van der Waals surface area contributed by atoms with Crippen LogP contribution >= 0.6 is 0 Å². The van der Waals surface area contributed by atoms with Crippen LogP contribution in [-0.2, 0) is 11.2 Å². The zero-order valence-corrected chi connectivity index (χ0v) is 18.0. The van der Waals surface area contributed by atoms with Gasteiger partial charge in [-0.15, -0.1) is 0 Å². The normalized spacial score (nSPS) is 15.7. The molecule has 33 heavy (non-hydrogen) atoms. The highest BCUT2D eigenvalue weighted by Gasteiger charge is 2.30.